The molecule has 1 aromatic carbocycles. The average Bonchev–Trinajstić information content (AvgIpc) is 2.58. The second kappa shape index (κ2) is 9.36. The van der Waals surface area contributed by atoms with Crippen LogP contribution in [0.1, 0.15) is 38.0 Å². The molecule has 1 aromatic heterocycles. The molecule has 0 saturated carbocycles. The Morgan fingerprint density at radius 3 is 2.48 bits per heavy atom. The smallest absolute Gasteiger partial charge is 0.410 e. The largest absolute Gasteiger partial charge is 0.444 e. The molecule has 146 valence electrons. The third-order valence-electron chi connectivity index (χ3n) is 3.83. The van der Waals surface area contributed by atoms with Crippen LogP contribution in [0.4, 0.5) is 10.5 Å². The van der Waals surface area contributed by atoms with Crippen molar-refractivity contribution in [3.05, 3.63) is 57.4 Å². The van der Waals surface area contributed by atoms with E-state index in [1.807, 2.05) is 57.2 Å². The van der Waals surface area contributed by atoms with Crippen LogP contribution in [-0.2, 0) is 11.2 Å². The number of benzene rings is 1. The molecular weight excluding hydrogens is 457 g/mol. The maximum absolute atomic E-state index is 12.6. The number of nitrogens with two attached hydrogens (primary N) is 1. The Morgan fingerprint density at radius 1 is 1.26 bits per heavy atom. The van der Waals surface area contributed by atoms with Gasteiger partial charge in [-0.25, -0.2) is 9.78 Å². The standard InChI is InChI=1S/C20H26IN3O3/c1-20(2,3)27-19(26)24(11-10-14-4-7-16(22)8-5-14)13-17(25)15-6-9-18(21)23-12-15/h4-9,12,17,25H,10-11,13,22H2,1-3H3/t17-/m0/s1. The highest BCUT2D eigenvalue weighted by Crippen LogP contribution is 2.18. The zero-order valence-electron chi connectivity index (χ0n) is 15.9. The van der Waals surface area contributed by atoms with E-state index in [1.54, 1.807) is 6.20 Å². The molecule has 0 aliphatic heterocycles. The predicted molar refractivity (Wildman–Crippen MR) is 114 cm³/mol. The Morgan fingerprint density at radius 2 is 1.93 bits per heavy atom. The summed E-state index contributed by atoms with van der Waals surface area (Å²) in [5.41, 5.74) is 7.53. The number of rotatable bonds is 6. The van der Waals surface area contributed by atoms with Crippen molar-refractivity contribution in [1.82, 2.24) is 9.88 Å². The third kappa shape index (κ3) is 7.34. The molecule has 0 fully saturated rings. The molecule has 0 bridgehead atoms. The number of carbonyl (C=O) groups is 1. The van der Waals surface area contributed by atoms with E-state index in [9.17, 15) is 9.90 Å². The first-order valence-corrected chi connectivity index (χ1v) is 9.84. The van der Waals surface area contributed by atoms with Gasteiger partial charge in [0.15, 0.2) is 0 Å². The molecule has 0 radical (unpaired) electrons. The summed E-state index contributed by atoms with van der Waals surface area (Å²) in [6.07, 6.45) is 0.973. The van der Waals surface area contributed by atoms with Crippen molar-refractivity contribution in [2.45, 2.75) is 38.9 Å². The lowest BCUT2D eigenvalue weighted by Gasteiger charge is -2.29. The number of halogens is 1. The van der Waals surface area contributed by atoms with Gasteiger partial charge in [0.1, 0.15) is 9.30 Å². The number of aliphatic hydroxyl groups is 1. The third-order valence-corrected chi connectivity index (χ3v) is 4.47. The van der Waals surface area contributed by atoms with Crippen LogP contribution in [0, 0.1) is 3.70 Å². The number of amides is 1. The molecule has 0 aliphatic carbocycles. The number of carbonyl (C=O) groups excluding carboxylic acids is 1. The first kappa shape index (κ1) is 21.4. The highest BCUT2D eigenvalue weighted by Gasteiger charge is 2.24. The number of nitrogen functional groups attached to an aromatic ring is 1. The fourth-order valence-electron chi connectivity index (χ4n) is 2.43. The number of hydrogen-bond donors (Lipinski definition) is 2. The molecule has 1 heterocycles. The van der Waals surface area contributed by atoms with Crippen LogP contribution in [0.25, 0.3) is 0 Å². The van der Waals surface area contributed by atoms with Gasteiger partial charge in [-0.2, -0.15) is 0 Å². The van der Waals surface area contributed by atoms with E-state index in [2.05, 4.69) is 27.6 Å². The highest BCUT2D eigenvalue weighted by atomic mass is 127. The van der Waals surface area contributed by atoms with Gasteiger partial charge in [0, 0.05) is 24.0 Å². The van der Waals surface area contributed by atoms with E-state index in [1.165, 1.54) is 4.90 Å². The van der Waals surface area contributed by atoms with Gasteiger partial charge in [0.2, 0.25) is 0 Å². The molecule has 6 nitrogen and oxygen atoms in total. The molecule has 1 atom stereocenters. The first-order valence-electron chi connectivity index (χ1n) is 8.76. The van der Waals surface area contributed by atoms with Crippen molar-refractivity contribution >= 4 is 34.4 Å². The summed E-state index contributed by atoms with van der Waals surface area (Å²) in [6, 6.07) is 11.2. The Kier molecular flexibility index (Phi) is 7.43. The lowest BCUT2D eigenvalue weighted by atomic mass is 10.1. The van der Waals surface area contributed by atoms with Gasteiger partial charge in [-0.3, -0.25) is 0 Å². The maximum atomic E-state index is 12.6. The van der Waals surface area contributed by atoms with Gasteiger partial charge < -0.3 is 20.5 Å². The minimum Gasteiger partial charge on any atom is -0.444 e. The number of anilines is 1. The van der Waals surface area contributed by atoms with Gasteiger partial charge in [-0.05, 0) is 73.5 Å². The van der Waals surface area contributed by atoms with Crippen LogP contribution in [0.5, 0.6) is 0 Å². The Labute approximate surface area is 173 Å². The Hall–Kier alpha value is -1.87. The summed E-state index contributed by atoms with van der Waals surface area (Å²) >= 11 is 2.11. The number of aromatic nitrogens is 1. The predicted octanol–water partition coefficient (Wildman–Crippen LogP) is 3.78. The second-order valence-electron chi connectivity index (χ2n) is 7.35. The molecule has 0 spiro atoms. The van der Waals surface area contributed by atoms with Gasteiger partial charge in [-0.1, -0.05) is 18.2 Å². The minimum absolute atomic E-state index is 0.131. The van der Waals surface area contributed by atoms with Crippen molar-refractivity contribution < 1.29 is 14.6 Å². The maximum Gasteiger partial charge on any atom is 0.410 e. The quantitative estimate of drug-likeness (QED) is 0.371. The van der Waals surface area contributed by atoms with Crippen LogP contribution in [-0.4, -0.2) is 39.8 Å². The van der Waals surface area contributed by atoms with Crippen LogP contribution in [0.15, 0.2) is 42.6 Å². The zero-order chi connectivity index (χ0) is 20.0. The van der Waals surface area contributed by atoms with E-state index in [0.717, 1.165) is 9.26 Å². The summed E-state index contributed by atoms with van der Waals surface area (Å²) in [7, 11) is 0. The van der Waals surface area contributed by atoms with Crippen LogP contribution in [0.3, 0.4) is 0 Å². The van der Waals surface area contributed by atoms with Gasteiger partial charge in [-0.15, -0.1) is 0 Å². The second-order valence-corrected chi connectivity index (χ2v) is 8.45. The average molecular weight is 483 g/mol. The fraction of sp³-hybridized carbons (Fsp3) is 0.400. The topological polar surface area (TPSA) is 88.7 Å². The molecule has 2 aromatic rings. The molecule has 1 amide bonds. The SMILES string of the molecule is CC(C)(C)OC(=O)N(CCc1ccc(N)cc1)C[C@H](O)c1ccc(I)nc1. The van der Waals surface area contributed by atoms with Crippen LogP contribution < -0.4 is 5.73 Å². The summed E-state index contributed by atoms with van der Waals surface area (Å²) < 4.78 is 6.35. The molecule has 7 heteroatoms. The monoisotopic (exact) mass is 483 g/mol. The van der Waals surface area contributed by atoms with E-state index in [-0.39, 0.29) is 6.54 Å². The summed E-state index contributed by atoms with van der Waals surface area (Å²) in [5, 5.41) is 10.6. The molecule has 0 unspecified atom stereocenters. The molecular formula is C20H26IN3O3. The fourth-order valence-corrected chi connectivity index (χ4v) is 2.75. The highest BCUT2D eigenvalue weighted by molar-refractivity contribution is 14.1. The number of nitrogens with zero attached hydrogens (tertiary/aromatic N) is 2. The van der Waals surface area contributed by atoms with Crippen LogP contribution >= 0.6 is 22.6 Å². The number of pyridine rings is 1. The lowest BCUT2D eigenvalue weighted by Crippen LogP contribution is -2.40. The summed E-state index contributed by atoms with van der Waals surface area (Å²) in [4.78, 5) is 18.3. The van der Waals surface area contributed by atoms with Crippen molar-refractivity contribution in [3.8, 4) is 0 Å². The summed E-state index contributed by atoms with van der Waals surface area (Å²) in [5.74, 6) is 0. The van der Waals surface area contributed by atoms with Gasteiger partial charge >= 0.3 is 6.09 Å². The van der Waals surface area contributed by atoms with Crippen LogP contribution in [0.2, 0.25) is 0 Å². The normalized spacial score (nSPS) is 12.5. The van der Waals surface area contributed by atoms with E-state index < -0.39 is 17.8 Å². The molecule has 0 saturated heterocycles. The Bertz CT molecular complexity index is 743. The number of aliphatic hydroxyl groups excluding tert-OH is 1. The summed E-state index contributed by atoms with van der Waals surface area (Å²) in [6.45, 7) is 6.02. The lowest BCUT2D eigenvalue weighted by molar-refractivity contribution is 0.0146. The zero-order valence-corrected chi connectivity index (χ0v) is 18.0. The number of hydrogen-bond acceptors (Lipinski definition) is 5. The molecule has 2 rings (SSSR count). The molecule has 27 heavy (non-hydrogen) atoms. The van der Waals surface area contributed by atoms with Gasteiger partial charge in [0.25, 0.3) is 0 Å². The molecule has 3 N–H and O–H groups in total. The Balaban J connectivity index is 2.09. The van der Waals surface area contributed by atoms with Crippen molar-refractivity contribution in [2.24, 2.45) is 0 Å². The van der Waals surface area contributed by atoms with Crippen molar-refractivity contribution in [3.63, 3.8) is 0 Å². The number of ether oxygens (including phenoxy) is 1. The first-order chi connectivity index (χ1) is 12.6. The minimum atomic E-state index is -0.839. The van der Waals surface area contributed by atoms with Crippen molar-refractivity contribution in [2.75, 3.05) is 18.8 Å². The van der Waals surface area contributed by atoms with E-state index in [0.29, 0.717) is 24.2 Å². The molecule has 0 aliphatic rings. The van der Waals surface area contributed by atoms with Gasteiger partial charge in [0.05, 0.1) is 12.6 Å². The van der Waals surface area contributed by atoms with E-state index in [4.69, 9.17) is 10.5 Å². The van der Waals surface area contributed by atoms with Crippen molar-refractivity contribution in [1.29, 1.82) is 0 Å². The van der Waals surface area contributed by atoms with E-state index >= 15 is 0 Å².